The molecule has 0 bridgehead atoms. The van der Waals surface area contributed by atoms with Crippen molar-refractivity contribution in [2.24, 2.45) is 0 Å². The van der Waals surface area contributed by atoms with Gasteiger partial charge in [-0.05, 0) is 18.2 Å². The number of amides is 1. The van der Waals surface area contributed by atoms with Crippen LogP contribution in [-0.4, -0.2) is 11.1 Å². The number of terminal acetylenes is 1. The quantitative estimate of drug-likeness (QED) is 0.773. The summed E-state index contributed by atoms with van der Waals surface area (Å²) in [6.45, 7) is 0. The van der Waals surface area contributed by atoms with Gasteiger partial charge in [-0.3, -0.25) is 4.79 Å². The van der Waals surface area contributed by atoms with Crippen molar-refractivity contribution in [1.29, 1.82) is 0 Å². The van der Waals surface area contributed by atoms with Crippen molar-refractivity contribution in [3.05, 3.63) is 47.9 Å². The summed E-state index contributed by atoms with van der Waals surface area (Å²) in [7, 11) is 0. The van der Waals surface area contributed by atoms with E-state index in [4.69, 9.17) is 6.42 Å². The fourth-order valence-electron chi connectivity index (χ4n) is 1.21. The summed E-state index contributed by atoms with van der Waals surface area (Å²) in [6.07, 6.45) is 6.59. The number of hydrogen-bond acceptors (Lipinski definition) is 3. The van der Waals surface area contributed by atoms with Gasteiger partial charge >= 0.3 is 0 Å². The molecule has 0 saturated carbocycles. The van der Waals surface area contributed by atoms with Crippen LogP contribution in [0.25, 0.3) is 0 Å². The van der Waals surface area contributed by atoms with Crippen LogP contribution in [0.15, 0.2) is 41.1 Å². The largest absolute Gasteiger partial charge is 0.364 e. The van der Waals surface area contributed by atoms with Crippen molar-refractivity contribution < 1.29 is 9.32 Å². The highest BCUT2D eigenvalue weighted by Crippen LogP contribution is 2.10. The maximum absolute atomic E-state index is 11.6. The lowest BCUT2D eigenvalue weighted by atomic mass is 10.2. The molecule has 0 aliphatic heterocycles. The molecule has 78 valence electrons. The predicted molar refractivity (Wildman–Crippen MR) is 58.8 cm³/mol. The third-order valence-corrected chi connectivity index (χ3v) is 1.96. The number of aromatic nitrogens is 1. The second kappa shape index (κ2) is 4.32. The van der Waals surface area contributed by atoms with E-state index < -0.39 is 0 Å². The number of anilines is 1. The van der Waals surface area contributed by atoms with Crippen LogP contribution >= 0.6 is 0 Å². The molecule has 0 saturated heterocycles. The lowest BCUT2D eigenvalue weighted by Crippen LogP contribution is -2.12. The summed E-state index contributed by atoms with van der Waals surface area (Å²) >= 11 is 0. The average Bonchev–Trinajstić information content (AvgIpc) is 2.83. The number of benzene rings is 1. The molecule has 0 aliphatic carbocycles. The normalized spacial score (nSPS) is 9.44. The number of rotatable bonds is 2. The monoisotopic (exact) mass is 212 g/mol. The Labute approximate surface area is 92.3 Å². The number of nitrogens with zero attached hydrogens (tertiary/aromatic N) is 1. The van der Waals surface area contributed by atoms with E-state index in [2.05, 4.69) is 20.9 Å². The second-order valence-electron chi connectivity index (χ2n) is 3.06. The lowest BCUT2D eigenvalue weighted by Gasteiger charge is -2.02. The molecule has 2 rings (SSSR count). The first kappa shape index (κ1) is 9.99. The molecule has 2 aromatic rings. The molecule has 16 heavy (non-hydrogen) atoms. The minimum Gasteiger partial charge on any atom is -0.364 e. The molecule has 4 nitrogen and oxygen atoms in total. The maximum atomic E-state index is 11.6. The molecule has 4 heteroatoms. The predicted octanol–water partition coefficient (Wildman–Crippen LogP) is 1.91. The molecule has 1 aromatic heterocycles. The molecule has 0 atom stereocenters. The first-order chi connectivity index (χ1) is 7.79. The fourth-order valence-corrected chi connectivity index (χ4v) is 1.21. The van der Waals surface area contributed by atoms with E-state index in [1.54, 1.807) is 24.3 Å². The SMILES string of the molecule is C#Cc1cccc(NC(=O)c2ccon2)c1. The highest BCUT2D eigenvalue weighted by molar-refractivity contribution is 6.02. The van der Waals surface area contributed by atoms with Crippen molar-refractivity contribution >= 4 is 11.6 Å². The Morgan fingerprint density at radius 3 is 3.00 bits per heavy atom. The van der Waals surface area contributed by atoms with Crippen molar-refractivity contribution in [2.75, 3.05) is 5.32 Å². The number of hydrogen-bond donors (Lipinski definition) is 1. The van der Waals surface area contributed by atoms with Gasteiger partial charge in [-0.25, -0.2) is 0 Å². The van der Waals surface area contributed by atoms with Gasteiger partial charge < -0.3 is 9.84 Å². The van der Waals surface area contributed by atoms with Gasteiger partial charge in [0.1, 0.15) is 6.26 Å². The van der Waals surface area contributed by atoms with Gasteiger partial charge in [-0.1, -0.05) is 17.1 Å². The number of nitrogens with one attached hydrogen (secondary N) is 1. The topological polar surface area (TPSA) is 55.1 Å². The summed E-state index contributed by atoms with van der Waals surface area (Å²) in [5.41, 5.74) is 1.56. The highest BCUT2D eigenvalue weighted by atomic mass is 16.5. The molecule has 1 aromatic carbocycles. The molecule has 0 fully saturated rings. The summed E-state index contributed by atoms with van der Waals surface area (Å²) in [4.78, 5) is 11.6. The zero-order chi connectivity index (χ0) is 11.4. The van der Waals surface area contributed by atoms with Crippen LogP contribution in [0.2, 0.25) is 0 Å². The first-order valence-electron chi connectivity index (χ1n) is 4.58. The van der Waals surface area contributed by atoms with Crippen LogP contribution in [-0.2, 0) is 0 Å². The Hall–Kier alpha value is -2.54. The van der Waals surface area contributed by atoms with Crippen LogP contribution in [0.5, 0.6) is 0 Å². The molecule has 0 spiro atoms. The maximum Gasteiger partial charge on any atom is 0.277 e. The Morgan fingerprint density at radius 1 is 1.44 bits per heavy atom. The van der Waals surface area contributed by atoms with Crippen molar-refractivity contribution in [1.82, 2.24) is 5.16 Å². The Morgan fingerprint density at radius 2 is 2.31 bits per heavy atom. The molecule has 0 aliphatic rings. The van der Waals surface area contributed by atoms with Gasteiger partial charge in [0.2, 0.25) is 0 Å². The van der Waals surface area contributed by atoms with E-state index in [1.807, 2.05) is 0 Å². The van der Waals surface area contributed by atoms with Gasteiger partial charge in [-0.15, -0.1) is 6.42 Å². The third-order valence-electron chi connectivity index (χ3n) is 1.96. The Balaban J connectivity index is 2.16. The van der Waals surface area contributed by atoms with Crippen molar-refractivity contribution in [3.8, 4) is 12.3 Å². The molecular formula is C12H8N2O2. The minimum absolute atomic E-state index is 0.228. The molecule has 1 heterocycles. The lowest BCUT2D eigenvalue weighted by molar-refractivity contribution is 0.101. The summed E-state index contributed by atoms with van der Waals surface area (Å²) in [5.74, 6) is 2.16. The van der Waals surface area contributed by atoms with Crippen molar-refractivity contribution in [3.63, 3.8) is 0 Å². The van der Waals surface area contributed by atoms with E-state index in [-0.39, 0.29) is 11.6 Å². The van der Waals surface area contributed by atoms with Crippen LogP contribution in [0.1, 0.15) is 16.1 Å². The van der Waals surface area contributed by atoms with Crippen LogP contribution in [0, 0.1) is 12.3 Å². The van der Waals surface area contributed by atoms with Gasteiger partial charge in [0.05, 0.1) is 0 Å². The number of carbonyl (C=O) groups is 1. The molecule has 1 N–H and O–H groups in total. The smallest absolute Gasteiger partial charge is 0.277 e. The van der Waals surface area contributed by atoms with Crippen molar-refractivity contribution in [2.45, 2.75) is 0 Å². The standard InChI is InChI=1S/C12H8N2O2/c1-2-9-4-3-5-10(8-9)13-12(15)11-6-7-16-14-11/h1,3-8H,(H,13,15). The summed E-state index contributed by atoms with van der Waals surface area (Å²) < 4.78 is 4.58. The average molecular weight is 212 g/mol. The van der Waals surface area contributed by atoms with Crippen LogP contribution in [0.4, 0.5) is 5.69 Å². The van der Waals surface area contributed by atoms with E-state index >= 15 is 0 Å². The molecule has 0 unspecified atom stereocenters. The molecule has 0 radical (unpaired) electrons. The summed E-state index contributed by atoms with van der Waals surface area (Å²) in [6, 6.07) is 8.50. The van der Waals surface area contributed by atoms with Gasteiger partial charge in [0.25, 0.3) is 5.91 Å². The van der Waals surface area contributed by atoms with Gasteiger partial charge in [0, 0.05) is 17.3 Å². The fraction of sp³-hybridized carbons (Fsp3) is 0. The molecule has 1 amide bonds. The summed E-state index contributed by atoms with van der Waals surface area (Å²) in [5, 5.41) is 6.19. The van der Waals surface area contributed by atoms with E-state index in [9.17, 15) is 4.79 Å². The van der Waals surface area contributed by atoms with Crippen LogP contribution in [0.3, 0.4) is 0 Å². The van der Waals surface area contributed by atoms with E-state index in [1.165, 1.54) is 12.3 Å². The van der Waals surface area contributed by atoms with Gasteiger partial charge in [0.15, 0.2) is 5.69 Å². The highest BCUT2D eigenvalue weighted by Gasteiger charge is 2.08. The number of carbonyl (C=O) groups excluding carboxylic acids is 1. The second-order valence-corrected chi connectivity index (χ2v) is 3.06. The minimum atomic E-state index is -0.331. The third kappa shape index (κ3) is 2.10. The van der Waals surface area contributed by atoms with Crippen LogP contribution < -0.4 is 5.32 Å². The van der Waals surface area contributed by atoms with Gasteiger partial charge in [-0.2, -0.15) is 0 Å². The zero-order valence-electron chi connectivity index (χ0n) is 8.31. The van der Waals surface area contributed by atoms with E-state index in [0.29, 0.717) is 11.3 Å². The molecular weight excluding hydrogens is 204 g/mol. The zero-order valence-corrected chi connectivity index (χ0v) is 8.31. The first-order valence-corrected chi connectivity index (χ1v) is 4.58. The van der Waals surface area contributed by atoms with E-state index in [0.717, 1.165) is 0 Å². The Kier molecular flexibility index (Phi) is 2.70. The Bertz CT molecular complexity index is 538.